The Morgan fingerprint density at radius 1 is 1.29 bits per heavy atom. The first-order valence-corrected chi connectivity index (χ1v) is 6.51. The SMILES string of the molecule is CC(C)(C)NC1CC1CC(C(=O)O)C(C)(C)C. The van der Waals surface area contributed by atoms with Crippen molar-refractivity contribution in [3.8, 4) is 0 Å². The molecule has 17 heavy (non-hydrogen) atoms. The van der Waals surface area contributed by atoms with E-state index in [4.69, 9.17) is 0 Å². The van der Waals surface area contributed by atoms with Gasteiger partial charge in [0.05, 0.1) is 5.92 Å². The first kappa shape index (κ1) is 14.5. The van der Waals surface area contributed by atoms with Gasteiger partial charge in [-0.3, -0.25) is 4.79 Å². The summed E-state index contributed by atoms with van der Waals surface area (Å²) in [5.41, 5.74) is -0.0272. The number of hydrogen-bond donors (Lipinski definition) is 2. The predicted octanol–water partition coefficient (Wildman–Crippen LogP) is 2.90. The van der Waals surface area contributed by atoms with E-state index in [2.05, 4.69) is 26.1 Å². The Balaban J connectivity index is 2.48. The second kappa shape index (κ2) is 4.60. The van der Waals surface area contributed by atoms with Crippen molar-refractivity contribution in [3.05, 3.63) is 0 Å². The molecule has 2 N–H and O–H groups in total. The Morgan fingerprint density at radius 3 is 2.18 bits per heavy atom. The molecule has 0 amide bonds. The van der Waals surface area contributed by atoms with Crippen LogP contribution in [0.5, 0.6) is 0 Å². The van der Waals surface area contributed by atoms with Gasteiger partial charge >= 0.3 is 5.97 Å². The fraction of sp³-hybridized carbons (Fsp3) is 0.929. The van der Waals surface area contributed by atoms with Gasteiger partial charge in [-0.2, -0.15) is 0 Å². The van der Waals surface area contributed by atoms with Crippen molar-refractivity contribution < 1.29 is 9.90 Å². The van der Waals surface area contributed by atoms with Crippen molar-refractivity contribution in [2.75, 3.05) is 0 Å². The molecule has 1 rings (SSSR count). The number of rotatable bonds is 4. The maximum absolute atomic E-state index is 11.3. The first-order valence-electron chi connectivity index (χ1n) is 6.51. The Labute approximate surface area is 105 Å². The molecular weight excluding hydrogens is 214 g/mol. The third-order valence-corrected chi connectivity index (χ3v) is 3.42. The smallest absolute Gasteiger partial charge is 0.307 e. The highest BCUT2D eigenvalue weighted by atomic mass is 16.4. The third-order valence-electron chi connectivity index (χ3n) is 3.42. The van der Waals surface area contributed by atoms with Crippen LogP contribution in [0.4, 0.5) is 0 Å². The number of aliphatic carboxylic acids is 1. The normalized spacial score (nSPS) is 26.7. The number of carboxylic acid groups (broad SMARTS) is 1. The molecule has 0 aliphatic heterocycles. The van der Waals surface area contributed by atoms with Crippen molar-refractivity contribution in [1.82, 2.24) is 5.32 Å². The average molecular weight is 241 g/mol. The van der Waals surface area contributed by atoms with Gasteiger partial charge < -0.3 is 10.4 Å². The van der Waals surface area contributed by atoms with Crippen molar-refractivity contribution >= 4 is 5.97 Å². The molecule has 1 aliphatic rings. The zero-order chi connectivity index (χ0) is 13.4. The fourth-order valence-corrected chi connectivity index (χ4v) is 2.37. The van der Waals surface area contributed by atoms with Gasteiger partial charge in [0.1, 0.15) is 0 Å². The molecule has 0 spiro atoms. The molecule has 100 valence electrons. The maximum Gasteiger partial charge on any atom is 0.307 e. The molecule has 3 nitrogen and oxygen atoms in total. The molecule has 3 unspecified atom stereocenters. The van der Waals surface area contributed by atoms with E-state index in [1.54, 1.807) is 0 Å². The highest BCUT2D eigenvalue weighted by molar-refractivity contribution is 5.71. The van der Waals surface area contributed by atoms with E-state index in [0.717, 1.165) is 12.8 Å². The van der Waals surface area contributed by atoms with E-state index < -0.39 is 5.97 Å². The molecule has 0 saturated heterocycles. The topological polar surface area (TPSA) is 49.3 Å². The lowest BCUT2D eigenvalue weighted by Gasteiger charge is -2.27. The van der Waals surface area contributed by atoms with Crippen LogP contribution in [0.1, 0.15) is 54.4 Å². The summed E-state index contributed by atoms with van der Waals surface area (Å²) in [5.74, 6) is -0.354. The molecule has 0 aromatic rings. The van der Waals surface area contributed by atoms with E-state index in [9.17, 15) is 9.90 Å². The zero-order valence-electron chi connectivity index (χ0n) is 12.0. The van der Waals surface area contributed by atoms with Crippen LogP contribution in [0.25, 0.3) is 0 Å². The molecule has 3 heteroatoms. The molecule has 0 radical (unpaired) electrons. The summed E-state index contributed by atoms with van der Waals surface area (Å²) in [5, 5.41) is 12.8. The quantitative estimate of drug-likeness (QED) is 0.795. The Morgan fingerprint density at radius 2 is 1.82 bits per heavy atom. The summed E-state index contributed by atoms with van der Waals surface area (Å²) in [6, 6.07) is 0.513. The summed E-state index contributed by atoms with van der Waals surface area (Å²) in [4.78, 5) is 11.3. The zero-order valence-corrected chi connectivity index (χ0v) is 12.0. The largest absolute Gasteiger partial charge is 0.481 e. The van der Waals surface area contributed by atoms with Crippen LogP contribution in [-0.4, -0.2) is 22.7 Å². The molecule has 1 fully saturated rings. The van der Waals surface area contributed by atoms with Gasteiger partial charge in [0.25, 0.3) is 0 Å². The first-order chi connectivity index (χ1) is 7.50. The van der Waals surface area contributed by atoms with Gasteiger partial charge in [0, 0.05) is 11.6 Å². The van der Waals surface area contributed by atoms with Crippen LogP contribution in [-0.2, 0) is 4.79 Å². The standard InChI is InChI=1S/C14H27NO2/c1-13(2,3)10(12(16)17)7-9-8-11(9)15-14(4,5)6/h9-11,15H,7-8H2,1-6H3,(H,16,17). The van der Waals surface area contributed by atoms with Crippen LogP contribution >= 0.6 is 0 Å². The van der Waals surface area contributed by atoms with Crippen molar-refractivity contribution in [3.63, 3.8) is 0 Å². The molecule has 0 heterocycles. The lowest BCUT2D eigenvalue weighted by atomic mass is 9.77. The third kappa shape index (κ3) is 4.66. The highest BCUT2D eigenvalue weighted by Crippen LogP contribution is 2.42. The van der Waals surface area contributed by atoms with E-state index in [1.165, 1.54) is 0 Å². The lowest BCUT2D eigenvalue weighted by molar-refractivity contribution is -0.146. The van der Waals surface area contributed by atoms with Gasteiger partial charge in [0.2, 0.25) is 0 Å². The van der Waals surface area contributed by atoms with Crippen LogP contribution in [0.15, 0.2) is 0 Å². The van der Waals surface area contributed by atoms with Crippen molar-refractivity contribution in [2.24, 2.45) is 17.3 Å². The summed E-state index contributed by atoms with van der Waals surface area (Å²) >= 11 is 0. The molecule has 0 bridgehead atoms. The molecule has 1 saturated carbocycles. The Kier molecular flexibility index (Phi) is 3.92. The number of carbonyl (C=O) groups is 1. The van der Waals surface area contributed by atoms with Gasteiger partial charge in [-0.05, 0) is 44.9 Å². The van der Waals surface area contributed by atoms with Crippen LogP contribution in [0, 0.1) is 17.3 Å². The van der Waals surface area contributed by atoms with Gasteiger partial charge in [-0.15, -0.1) is 0 Å². The number of carboxylic acids is 1. The fourth-order valence-electron chi connectivity index (χ4n) is 2.37. The summed E-state index contributed by atoms with van der Waals surface area (Å²) in [6.45, 7) is 12.5. The number of hydrogen-bond acceptors (Lipinski definition) is 2. The summed E-state index contributed by atoms with van der Waals surface area (Å²) in [6.07, 6.45) is 1.92. The second-order valence-corrected chi connectivity index (χ2v) is 7.49. The lowest BCUT2D eigenvalue weighted by Crippen LogP contribution is -2.38. The van der Waals surface area contributed by atoms with Crippen LogP contribution in [0.2, 0.25) is 0 Å². The summed E-state index contributed by atoms with van der Waals surface area (Å²) < 4.78 is 0. The molecule has 1 aliphatic carbocycles. The van der Waals surface area contributed by atoms with Gasteiger partial charge in [-0.1, -0.05) is 20.8 Å². The number of nitrogens with one attached hydrogen (secondary N) is 1. The van der Waals surface area contributed by atoms with Crippen molar-refractivity contribution in [1.29, 1.82) is 0 Å². The monoisotopic (exact) mass is 241 g/mol. The van der Waals surface area contributed by atoms with Crippen molar-refractivity contribution in [2.45, 2.75) is 66.0 Å². The second-order valence-electron chi connectivity index (χ2n) is 7.49. The molecule has 0 aromatic heterocycles. The Hall–Kier alpha value is -0.570. The predicted molar refractivity (Wildman–Crippen MR) is 70.0 cm³/mol. The summed E-state index contributed by atoms with van der Waals surface area (Å²) in [7, 11) is 0. The molecular formula is C14H27NO2. The van der Waals surface area contributed by atoms with E-state index in [-0.39, 0.29) is 16.9 Å². The van der Waals surface area contributed by atoms with E-state index in [1.807, 2.05) is 20.8 Å². The van der Waals surface area contributed by atoms with Crippen LogP contribution in [0.3, 0.4) is 0 Å². The average Bonchev–Trinajstić information content (AvgIpc) is 2.73. The van der Waals surface area contributed by atoms with Gasteiger partial charge in [0.15, 0.2) is 0 Å². The van der Waals surface area contributed by atoms with E-state index >= 15 is 0 Å². The minimum atomic E-state index is -0.654. The van der Waals surface area contributed by atoms with Gasteiger partial charge in [-0.25, -0.2) is 0 Å². The van der Waals surface area contributed by atoms with Crippen LogP contribution < -0.4 is 5.32 Å². The Bertz CT molecular complexity index is 286. The van der Waals surface area contributed by atoms with E-state index in [0.29, 0.717) is 12.0 Å². The minimum Gasteiger partial charge on any atom is -0.481 e. The molecule has 3 atom stereocenters. The maximum atomic E-state index is 11.3. The minimum absolute atomic E-state index is 0.125. The molecule has 0 aromatic carbocycles. The highest BCUT2D eigenvalue weighted by Gasteiger charge is 2.44.